The van der Waals surface area contributed by atoms with Crippen LogP contribution in [0.2, 0.25) is 5.02 Å². The molecule has 0 radical (unpaired) electrons. The number of ether oxygens (including phenoxy) is 1. The topological polar surface area (TPSA) is 51.2 Å². The zero-order chi connectivity index (χ0) is 13.7. The number of nitrogens with zero attached hydrogens (tertiary/aromatic N) is 1. The number of rotatable bonds is 5. The van der Waals surface area contributed by atoms with Crippen LogP contribution in [0.15, 0.2) is 30.3 Å². The van der Waals surface area contributed by atoms with Gasteiger partial charge in [-0.25, -0.2) is 4.98 Å². The molecule has 0 saturated heterocycles. The normalized spacial score (nSPS) is 10.6. The fourth-order valence-electron chi connectivity index (χ4n) is 1.73. The van der Waals surface area contributed by atoms with E-state index in [0.29, 0.717) is 23.9 Å². The number of hydrogen-bond donors (Lipinski definition) is 1. The second-order valence-electron chi connectivity index (χ2n) is 4.14. The number of nitrogens with one attached hydrogen (secondary N) is 1. The summed E-state index contributed by atoms with van der Waals surface area (Å²) in [6.45, 7) is 1.20. The Morgan fingerprint density at radius 2 is 2.16 bits per heavy atom. The van der Waals surface area contributed by atoms with Crippen LogP contribution in [0.5, 0.6) is 0 Å². The summed E-state index contributed by atoms with van der Waals surface area (Å²) >= 11 is 5.91. The molecule has 2 aromatic rings. The van der Waals surface area contributed by atoms with Gasteiger partial charge in [-0.3, -0.25) is 4.79 Å². The van der Waals surface area contributed by atoms with Crippen LogP contribution in [0, 0.1) is 0 Å². The monoisotopic (exact) mass is 278 g/mol. The van der Waals surface area contributed by atoms with Gasteiger partial charge in [0.15, 0.2) is 0 Å². The molecule has 1 aromatic carbocycles. The Kier molecular flexibility index (Phi) is 4.71. The van der Waals surface area contributed by atoms with E-state index < -0.39 is 0 Å². The van der Waals surface area contributed by atoms with E-state index in [2.05, 4.69) is 10.3 Å². The molecule has 4 nitrogen and oxygen atoms in total. The van der Waals surface area contributed by atoms with Crippen molar-refractivity contribution in [1.29, 1.82) is 0 Å². The highest BCUT2D eigenvalue weighted by molar-refractivity contribution is 6.31. The lowest BCUT2D eigenvalue weighted by molar-refractivity contribution is 0.0944. The molecule has 0 spiro atoms. The number of benzene rings is 1. The highest BCUT2D eigenvalue weighted by Gasteiger charge is 2.07. The van der Waals surface area contributed by atoms with Gasteiger partial charge >= 0.3 is 0 Å². The van der Waals surface area contributed by atoms with Crippen molar-refractivity contribution in [2.75, 3.05) is 20.3 Å². The molecule has 5 heteroatoms. The fourth-order valence-corrected chi connectivity index (χ4v) is 1.89. The molecular formula is C14H15ClN2O2. The smallest absolute Gasteiger partial charge is 0.269 e. The molecule has 0 aliphatic rings. The number of halogens is 1. The summed E-state index contributed by atoms with van der Waals surface area (Å²) in [5.74, 6) is -0.182. The molecule has 2 rings (SSSR count). The number of hydrogen-bond acceptors (Lipinski definition) is 3. The molecule has 0 aliphatic carbocycles. The van der Waals surface area contributed by atoms with Crippen molar-refractivity contribution in [2.45, 2.75) is 6.42 Å². The molecule has 1 aromatic heterocycles. The molecule has 0 saturated carbocycles. The van der Waals surface area contributed by atoms with E-state index in [0.717, 1.165) is 17.3 Å². The van der Waals surface area contributed by atoms with Gasteiger partial charge in [-0.15, -0.1) is 0 Å². The van der Waals surface area contributed by atoms with E-state index in [1.807, 2.05) is 12.1 Å². The Morgan fingerprint density at radius 3 is 2.95 bits per heavy atom. The number of carbonyl (C=O) groups is 1. The minimum atomic E-state index is -0.182. The van der Waals surface area contributed by atoms with Crippen LogP contribution < -0.4 is 5.32 Å². The first-order valence-corrected chi connectivity index (χ1v) is 6.42. The predicted molar refractivity (Wildman–Crippen MR) is 75.6 cm³/mol. The molecule has 1 N–H and O–H groups in total. The second-order valence-corrected chi connectivity index (χ2v) is 4.57. The van der Waals surface area contributed by atoms with Gasteiger partial charge in [0.05, 0.1) is 5.52 Å². The molecular weight excluding hydrogens is 264 g/mol. The lowest BCUT2D eigenvalue weighted by Gasteiger charge is -2.05. The van der Waals surface area contributed by atoms with Crippen LogP contribution in [0.25, 0.3) is 10.9 Å². The first kappa shape index (κ1) is 13.8. The van der Waals surface area contributed by atoms with Gasteiger partial charge in [-0.2, -0.15) is 0 Å². The summed E-state index contributed by atoms with van der Waals surface area (Å²) in [6, 6.07) is 9.00. The van der Waals surface area contributed by atoms with Crippen LogP contribution in [0.4, 0.5) is 0 Å². The van der Waals surface area contributed by atoms with Crippen molar-refractivity contribution in [3.8, 4) is 0 Å². The standard InChI is InChI=1S/C14H15ClN2O2/c1-19-8-2-7-16-14(18)12-6-4-10-3-5-11(15)9-13(10)17-12/h3-6,9H,2,7-8H2,1H3,(H,16,18). The number of pyridine rings is 1. The lowest BCUT2D eigenvalue weighted by atomic mass is 10.2. The number of fused-ring (bicyclic) bond motifs is 1. The van der Waals surface area contributed by atoms with Gasteiger partial charge in [0, 0.05) is 30.7 Å². The van der Waals surface area contributed by atoms with Gasteiger partial charge in [-0.05, 0) is 24.6 Å². The quantitative estimate of drug-likeness (QED) is 0.856. The summed E-state index contributed by atoms with van der Waals surface area (Å²) in [6.07, 6.45) is 0.779. The van der Waals surface area contributed by atoms with Crippen molar-refractivity contribution < 1.29 is 9.53 Å². The molecule has 1 amide bonds. The first-order chi connectivity index (χ1) is 9.20. The molecule has 0 atom stereocenters. The van der Waals surface area contributed by atoms with Crippen molar-refractivity contribution in [1.82, 2.24) is 10.3 Å². The van der Waals surface area contributed by atoms with Crippen LogP contribution >= 0.6 is 11.6 Å². The number of methoxy groups -OCH3 is 1. The SMILES string of the molecule is COCCCNC(=O)c1ccc2ccc(Cl)cc2n1. The Labute approximate surface area is 116 Å². The van der Waals surface area contributed by atoms with Crippen LogP contribution in [-0.4, -0.2) is 31.2 Å². The maximum atomic E-state index is 11.9. The van der Waals surface area contributed by atoms with Crippen LogP contribution in [0.3, 0.4) is 0 Å². The van der Waals surface area contributed by atoms with E-state index in [4.69, 9.17) is 16.3 Å². The minimum absolute atomic E-state index is 0.182. The largest absolute Gasteiger partial charge is 0.385 e. The summed E-state index contributed by atoms with van der Waals surface area (Å²) in [7, 11) is 1.64. The van der Waals surface area contributed by atoms with Crippen LogP contribution in [-0.2, 0) is 4.74 Å². The molecule has 1 heterocycles. The summed E-state index contributed by atoms with van der Waals surface area (Å²) < 4.78 is 4.92. The summed E-state index contributed by atoms with van der Waals surface area (Å²) in [5.41, 5.74) is 1.12. The van der Waals surface area contributed by atoms with Crippen molar-refractivity contribution in [2.24, 2.45) is 0 Å². The first-order valence-electron chi connectivity index (χ1n) is 6.04. The highest BCUT2D eigenvalue weighted by Crippen LogP contribution is 2.17. The molecule has 0 unspecified atom stereocenters. The lowest BCUT2D eigenvalue weighted by Crippen LogP contribution is -2.26. The molecule has 0 bridgehead atoms. The van der Waals surface area contributed by atoms with Gasteiger partial charge in [0.2, 0.25) is 0 Å². The van der Waals surface area contributed by atoms with E-state index in [-0.39, 0.29) is 5.91 Å². The van der Waals surface area contributed by atoms with Crippen LogP contribution in [0.1, 0.15) is 16.9 Å². The van der Waals surface area contributed by atoms with E-state index in [9.17, 15) is 4.79 Å². The Morgan fingerprint density at radius 1 is 1.37 bits per heavy atom. The van der Waals surface area contributed by atoms with Gasteiger partial charge in [0.25, 0.3) is 5.91 Å². The number of carbonyl (C=O) groups excluding carboxylic acids is 1. The Balaban J connectivity index is 2.09. The van der Waals surface area contributed by atoms with Crippen molar-refractivity contribution in [3.63, 3.8) is 0 Å². The maximum absolute atomic E-state index is 11.9. The molecule has 0 fully saturated rings. The van der Waals surface area contributed by atoms with Gasteiger partial charge in [-0.1, -0.05) is 23.7 Å². The Bertz CT molecular complexity index is 587. The molecule has 0 aliphatic heterocycles. The Hall–Kier alpha value is -1.65. The maximum Gasteiger partial charge on any atom is 0.269 e. The van der Waals surface area contributed by atoms with E-state index in [1.165, 1.54) is 0 Å². The van der Waals surface area contributed by atoms with Crippen molar-refractivity contribution >= 4 is 28.4 Å². The zero-order valence-electron chi connectivity index (χ0n) is 10.6. The minimum Gasteiger partial charge on any atom is -0.385 e. The van der Waals surface area contributed by atoms with Gasteiger partial charge < -0.3 is 10.1 Å². The second kappa shape index (κ2) is 6.50. The third-order valence-electron chi connectivity index (χ3n) is 2.70. The summed E-state index contributed by atoms with van der Waals surface area (Å²) in [5, 5.41) is 4.37. The predicted octanol–water partition coefficient (Wildman–Crippen LogP) is 2.65. The molecule has 19 heavy (non-hydrogen) atoms. The van der Waals surface area contributed by atoms with E-state index >= 15 is 0 Å². The average Bonchev–Trinajstić information content (AvgIpc) is 2.42. The highest BCUT2D eigenvalue weighted by atomic mass is 35.5. The third kappa shape index (κ3) is 3.66. The third-order valence-corrected chi connectivity index (χ3v) is 2.93. The zero-order valence-corrected chi connectivity index (χ0v) is 11.4. The summed E-state index contributed by atoms with van der Waals surface area (Å²) in [4.78, 5) is 16.2. The number of aromatic nitrogens is 1. The average molecular weight is 279 g/mol. The number of amides is 1. The fraction of sp³-hybridized carbons (Fsp3) is 0.286. The van der Waals surface area contributed by atoms with Crippen molar-refractivity contribution in [3.05, 3.63) is 41.0 Å². The van der Waals surface area contributed by atoms with E-state index in [1.54, 1.807) is 25.3 Å². The molecule has 100 valence electrons. The van der Waals surface area contributed by atoms with Gasteiger partial charge in [0.1, 0.15) is 5.69 Å².